The molecule has 24 heavy (non-hydrogen) atoms. The van der Waals surface area contributed by atoms with Crippen molar-refractivity contribution in [2.75, 3.05) is 32.8 Å². The van der Waals surface area contributed by atoms with E-state index in [2.05, 4.69) is 0 Å². The maximum atomic E-state index is 13.2. The zero-order valence-corrected chi connectivity index (χ0v) is 14.1. The van der Waals surface area contributed by atoms with Gasteiger partial charge in [0.1, 0.15) is 17.1 Å². The Kier molecular flexibility index (Phi) is 4.71. The Morgan fingerprint density at radius 3 is 2.29 bits per heavy atom. The van der Waals surface area contributed by atoms with E-state index in [1.165, 1.54) is 0 Å². The molecule has 1 unspecified atom stereocenters. The van der Waals surface area contributed by atoms with Crippen molar-refractivity contribution in [3.8, 4) is 11.5 Å². The van der Waals surface area contributed by atoms with E-state index in [1.54, 1.807) is 44.4 Å². The van der Waals surface area contributed by atoms with E-state index in [1.807, 2.05) is 24.3 Å². The molecule has 0 radical (unpaired) electrons. The highest BCUT2D eigenvalue weighted by molar-refractivity contribution is 6.10. The standard InChI is InChI=1S/C19H21NO4/c1-22-15-11-12-20(14-8-5-4-7-13(14)15)19(21)18-16(23-2)9-6-10-17(18)24-3/h4-10,15H,11-12H2,1-3H3. The van der Waals surface area contributed by atoms with E-state index in [9.17, 15) is 4.79 Å². The molecule has 0 aromatic heterocycles. The van der Waals surface area contributed by atoms with Gasteiger partial charge >= 0.3 is 0 Å². The molecule has 0 saturated heterocycles. The van der Waals surface area contributed by atoms with Crippen molar-refractivity contribution in [1.82, 2.24) is 0 Å². The van der Waals surface area contributed by atoms with Crippen LogP contribution in [0.25, 0.3) is 0 Å². The predicted molar refractivity (Wildman–Crippen MR) is 92.0 cm³/mol. The van der Waals surface area contributed by atoms with Crippen molar-refractivity contribution >= 4 is 11.6 Å². The SMILES string of the molecule is COc1cccc(OC)c1C(=O)N1CCC(OC)c2ccccc21. The van der Waals surface area contributed by atoms with Crippen molar-refractivity contribution in [2.45, 2.75) is 12.5 Å². The Balaban J connectivity index is 2.06. The number of amides is 1. The summed E-state index contributed by atoms with van der Waals surface area (Å²) in [7, 11) is 4.80. The molecule has 5 nitrogen and oxygen atoms in total. The number of carbonyl (C=O) groups excluding carboxylic acids is 1. The molecule has 2 aromatic carbocycles. The van der Waals surface area contributed by atoms with Crippen LogP contribution in [0, 0.1) is 0 Å². The minimum atomic E-state index is -0.133. The molecule has 5 heteroatoms. The first-order chi connectivity index (χ1) is 11.7. The van der Waals surface area contributed by atoms with Gasteiger partial charge in [-0.05, 0) is 24.6 Å². The van der Waals surface area contributed by atoms with Gasteiger partial charge in [-0.15, -0.1) is 0 Å². The molecule has 0 N–H and O–H groups in total. The Labute approximate surface area is 141 Å². The average Bonchev–Trinajstić information content (AvgIpc) is 2.65. The first-order valence-electron chi connectivity index (χ1n) is 7.85. The second-order valence-corrected chi connectivity index (χ2v) is 5.57. The summed E-state index contributed by atoms with van der Waals surface area (Å²) in [5.74, 6) is 0.877. The van der Waals surface area contributed by atoms with Gasteiger partial charge in [-0.1, -0.05) is 24.3 Å². The van der Waals surface area contributed by atoms with Crippen LogP contribution in [-0.2, 0) is 4.74 Å². The molecule has 1 aliphatic rings. The summed E-state index contributed by atoms with van der Waals surface area (Å²) in [4.78, 5) is 15.0. The number of methoxy groups -OCH3 is 3. The fraction of sp³-hybridized carbons (Fsp3) is 0.316. The molecule has 1 heterocycles. The summed E-state index contributed by atoms with van der Waals surface area (Å²) < 4.78 is 16.3. The highest BCUT2D eigenvalue weighted by Gasteiger charge is 2.31. The van der Waals surface area contributed by atoms with Gasteiger partial charge in [0.2, 0.25) is 0 Å². The second kappa shape index (κ2) is 6.93. The number of anilines is 1. The van der Waals surface area contributed by atoms with E-state index in [-0.39, 0.29) is 12.0 Å². The van der Waals surface area contributed by atoms with Crippen LogP contribution >= 0.6 is 0 Å². The van der Waals surface area contributed by atoms with Crippen LogP contribution in [0.5, 0.6) is 11.5 Å². The first kappa shape index (κ1) is 16.3. The van der Waals surface area contributed by atoms with E-state index in [0.717, 1.165) is 17.7 Å². The Hall–Kier alpha value is -2.53. The van der Waals surface area contributed by atoms with E-state index >= 15 is 0 Å². The van der Waals surface area contributed by atoms with Crippen molar-refractivity contribution < 1.29 is 19.0 Å². The number of para-hydroxylation sites is 1. The molecule has 2 aromatic rings. The normalized spacial score (nSPS) is 16.5. The minimum absolute atomic E-state index is 0.00446. The molecule has 0 saturated carbocycles. The van der Waals surface area contributed by atoms with Crippen molar-refractivity contribution in [1.29, 1.82) is 0 Å². The molecule has 1 aliphatic heterocycles. The highest BCUT2D eigenvalue weighted by atomic mass is 16.5. The lowest BCUT2D eigenvalue weighted by Crippen LogP contribution is -2.37. The third kappa shape index (κ3) is 2.71. The third-order valence-corrected chi connectivity index (χ3v) is 4.36. The number of ether oxygens (including phenoxy) is 3. The second-order valence-electron chi connectivity index (χ2n) is 5.57. The van der Waals surface area contributed by atoms with Gasteiger partial charge in [0.05, 0.1) is 20.3 Å². The number of hydrogen-bond donors (Lipinski definition) is 0. The fourth-order valence-corrected chi connectivity index (χ4v) is 3.18. The number of fused-ring (bicyclic) bond motifs is 1. The van der Waals surface area contributed by atoms with Crippen LogP contribution in [0.4, 0.5) is 5.69 Å². The fourth-order valence-electron chi connectivity index (χ4n) is 3.18. The monoisotopic (exact) mass is 327 g/mol. The van der Waals surface area contributed by atoms with E-state index in [4.69, 9.17) is 14.2 Å². The minimum Gasteiger partial charge on any atom is -0.496 e. The Morgan fingerprint density at radius 1 is 1.00 bits per heavy atom. The van der Waals surface area contributed by atoms with Crippen LogP contribution in [0.2, 0.25) is 0 Å². The highest BCUT2D eigenvalue weighted by Crippen LogP contribution is 2.38. The van der Waals surface area contributed by atoms with Gasteiger partial charge < -0.3 is 19.1 Å². The van der Waals surface area contributed by atoms with Crippen LogP contribution in [-0.4, -0.2) is 33.8 Å². The van der Waals surface area contributed by atoms with Crippen molar-refractivity contribution in [3.05, 3.63) is 53.6 Å². The van der Waals surface area contributed by atoms with Crippen LogP contribution in [0.15, 0.2) is 42.5 Å². The first-order valence-corrected chi connectivity index (χ1v) is 7.85. The van der Waals surface area contributed by atoms with Gasteiger partial charge in [0, 0.05) is 24.9 Å². The molecular formula is C19H21NO4. The lowest BCUT2D eigenvalue weighted by Gasteiger charge is -2.34. The quantitative estimate of drug-likeness (QED) is 0.863. The molecule has 1 atom stereocenters. The van der Waals surface area contributed by atoms with Gasteiger partial charge in [-0.3, -0.25) is 4.79 Å². The summed E-state index contributed by atoms with van der Waals surface area (Å²) >= 11 is 0. The Bertz CT molecular complexity index is 722. The number of nitrogens with zero attached hydrogens (tertiary/aromatic N) is 1. The van der Waals surface area contributed by atoms with Gasteiger partial charge in [0.15, 0.2) is 0 Å². The predicted octanol–water partition coefficient (Wildman–Crippen LogP) is 3.44. The van der Waals surface area contributed by atoms with Crippen molar-refractivity contribution in [3.63, 3.8) is 0 Å². The molecule has 1 amide bonds. The van der Waals surface area contributed by atoms with E-state index in [0.29, 0.717) is 23.6 Å². The van der Waals surface area contributed by atoms with Gasteiger partial charge in [-0.25, -0.2) is 0 Å². The molecule has 0 bridgehead atoms. The largest absolute Gasteiger partial charge is 0.496 e. The lowest BCUT2D eigenvalue weighted by atomic mass is 9.97. The average molecular weight is 327 g/mol. The molecule has 0 aliphatic carbocycles. The van der Waals surface area contributed by atoms with Crippen LogP contribution < -0.4 is 14.4 Å². The van der Waals surface area contributed by atoms with Crippen LogP contribution in [0.3, 0.4) is 0 Å². The lowest BCUT2D eigenvalue weighted by molar-refractivity contribution is 0.0865. The van der Waals surface area contributed by atoms with Crippen molar-refractivity contribution in [2.24, 2.45) is 0 Å². The molecule has 0 fully saturated rings. The van der Waals surface area contributed by atoms with E-state index < -0.39 is 0 Å². The number of carbonyl (C=O) groups is 1. The summed E-state index contributed by atoms with van der Waals surface area (Å²) in [6.07, 6.45) is 0.751. The maximum Gasteiger partial charge on any atom is 0.265 e. The molecule has 126 valence electrons. The van der Waals surface area contributed by atoms with Gasteiger partial charge in [0.25, 0.3) is 5.91 Å². The summed E-state index contributed by atoms with van der Waals surface area (Å²) in [5.41, 5.74) is 2.33. The number of rotatable bonds is 4. The maximum absolute atomic E-state index is 13.2. The smallest absolute Gasteiger partial charge is 0.265 e. The molecule has 0 spiro atoms. The molecular weight excluding hydrogens is 306 g/mol. The zero-order valence-electron chi connectivity index (χ0n) is 14.1. The number of benzene rings is 2. The Morgan fingerprint density at radius 2 is 1.67 bits per heavy atom. The van der Waals surface area contributed by atoms with Crippen LogP contribution in [0.1, 0.15) is 28.4 Å². The number of hydrogen-bond acceptors (Lipinski definition) is 4. The summed E-state index contributed by atoms with van der Waals surface area (Å²) in [5, 5.41) is 0. The summed E-state index contributed by atoms with van der Waals surface area (Å²) in [6.45, 7) is 0.579. The zero-order chi connectivity index (χ0) is 17.1. The third-order valence-electron chi connectivity index (χ3n) is 4.36. The topological polar surface area (TPSA) is 48.0 Å². The summed E-state index contributed by atoms with van der Waals surface area (Å²) in [6, 6.07) is 13.2. The van der Waals surface area contributed by atoms with Gasteiger partial charge in [-0.2, -0.15) is 0 Å². The molecule has 3 rings (SSSR count).